The molecule has 10 heteroatoms. The molecule has 2 N–H and O–H groups in total. The van der Waals surface area contributed by atoms with E-state index in [0.717, 1.165) is 40.9 Å². The van der Waals surface area contributed by atoms with Crippen LogP contribution in [0, 0.1) is 0 Å². The van der Waals surface area contributed by atoms with Crippen LogP contribution in [-0.2, 0) is 20.9 Å². The minimum atomic E-state index is 0.0739. The number of ether oxygens (including phenoxy) is 1. The van der Waals surface area contributed by atoms with Crippen molar-refractivity contribution in [2.24, 2.45) is 4.99 Å². The number of nitrogens with zero attached hydrogens (tertiary/aromatic N) is 2. The molecule has 2 unspecified atom stereocenters. The number of likely N-dealkylation sites (tertiary alicyclic amines) is 1. The fourth-order valence-corrected chi connectivity index (χ4v) is 4.37. The summed E-state index contributed by atoms with van der Waals surface area (Å²) in [5, 5.41) is 8.06. The molecule has 0 radical (unpaired) electrons. The van der Waals surface area contributed by atoms with Gasteiger partial charge in [0.2, 0.25) is 0 Å². The standard InChI is InChI=1S/C17H17Cl2N3O.C7H15N.C4H10.C3H6O2.CH2O/c1-10(17-21-15-5-4-13(18)7-16(15)22-17)20-8-11-2-3-12(9-23)14(19)6-11;1-7-5-3-4-6-8(7)2;1-3-4-2;1-2-5-3-4;1-2/h2-6,9-10,16,20H,7-8H2,1H3,(H,21,22);7H,3-6H2,1-2H3;3-4H2,1-2H3;3H,2H2,1H3;1H2/t10-,16?;;;;/m0..../s1. The normalized spacial score (nSPS) is 19.3. The van der Waals surface area contributed by atoms with E-state index in [1.807, 2.05) is 25.0 Å². The number of benzene rings is 1. The number of hydrogen-bond acceptors (Lipinski definition) is 8. The monoisotopic (exact) mass is 624 g/mol. The molecule has 1 aromatic carbocycles. The van der Waals surface area contributed by atoms with E-state index < -0.39 is 0 Å². The van der Waals surface area contributed by atoms with Crippen molar-refractivity contribution in [1.82, 2.24) is 15.5 Å². The van der Waals surface area contributed by atoms with Crippen molar-refractivity contribution < 1.29 is 19.1 Å². The molecule has 0 spiro atoms. The second-order valence-electron chi connectivity index (χ2n) is 10.0. The van der Waals surface area contributed by atoms with Gasteiger partial charge in [0.25, 0.3) is 6.47 Å². The van der Waals surface area contributed by atoms with Gasteiger partial charge in [0.1, 0.15) is 12.6 Å². The maximum atomic E-state index is 10.8. The van der Waals surface area contributed by atoms with Crippen LogP contribution in [0.2, 0.25) is 5.02 Å². The molecule has 4 rings (SSSR count). The number of aldehydes is 1. The summed E-state index contributed by atoms with van der Waals surface area (Å²) in [6.07, 6.45) is 12.3. The van der Waals surface area contributed by atoms with Gasteiger partial charge in [0, 0.05) is 35.3 Å². The Balaban J connectivity index is 0.000000723. The van der Waals surface area contributed by atoms with Crippen LogP contribution in [0.3, 0.4) is 0 Å². The van der Waals surface area contributed by atoms with Gasteiger partial charge >= 0.3 is 0 Å². The van der Waals surface area contributed by atoms with Crippen molar-refractivity contribution in [2.75, 3.05) is 20.2 Å². The number of fused-ring (bicyclic) bond motifs is 1. The molecule has 0 aromatic heterocycles. The molecule has 0 saturated carbocycles. The quantitative estimate of drug-likeness (QED) is 0.310. The Labute approximate surface area is 263 Å². The van der Waals surface area contributed by atoms with Crippen molar-refractivity contribution in [2.45, 2.75) is 97.8 Å². The summed E-state index contributed by atoms with van der Waals surface area (Å²) >= 11 is 12.1. The van der Waals surface area contributed by atoms with Gasteiger partial charge < -0.3 is 25.1 Å². The van der Waals surface area contributed by atoms with Crippen LogP contribution >= 0.6 is 23.2 Å². The van der Waals surface area contributed by atoms with Crippen LogP contribution in [0.5, 0.6) is 0 Å². The molecule has 2 aliphatic heterocycles. The molecule has 42 heavy (non-hydrogen) atoms. The van der Waals surface area contributed by atoms with E-state index in [4.69, 9.17) is 33.0 Å². The van der Waals surface area contributed by atoms with Crippen LogP contribution in [0.4, 0.5) is 0 Å². The molecule has 1 saturated heterocycles. The average molecular weight is 626 g/mol. The third-order valence-electron chi connectivity index (χ3n) is 6.84. The highest BCUT2D eigenvalue weighted by atomic mass is 35.5. The number of allylic oxidation sites excluding steroid dienone is 2. The number of amidine groups is 1. The van der Waals surface area contributed by atoms with Gasteiger partial charge in [0.05, 0.1) is 23.7 Å². The van der Waals surface area contributed by atoms with Gasteiger partial charge in [-0.05, 0) is 77.1 Å². The van der Waals surface area contributed by atoms with E-state index in [-0.39, 0.29) is 12.1 Å². The number of carbonyl (C=O) groups is 3. The number of halogens is 2. The number of rotatable bonds is 8. The Morgan fingerprint density at radius 2 is 1.86 bits per heavy atom. The van der Waals surface area contributed by atoms with Crippen LogP contribution in [0.25, 0.3) is 0 Å². The van der Waals surface area contributed by atoms with Crippen molar-refractivity contribution >= 4 is 48.6 Å². The molecule has 3 atom stereocenters. The maximum Gasteiger partial charge on any atom is 0.293 e. The lowest BCUT2D eigenvalue weighted by molar-refractivity contribution is -0.128. The zero-order valence-corrected chi connectivity index (χ0v) is 27.6. The summed E-state index contributed by atoms with van der Waals surface area (Å²) < 4.78 is 4.15. The van der Waals surface area contributed by atoms with E-state index in [0.29, 0.717) is 30.2 Å². The smallest absolute Gasteiger partial charge is 0.293 e. The minimum Gasteiger partial charge on any atom is -0.468 e. The maximum absolute atomic E-state index is 10.8. The first-order valence-corrected chi connectivity index (χ1v) is 15.4. The SMILES string of the molecule is C=O.CC1CCCCN1C.CCCC.CCOC=O.C[C@H](NCc1ccc(C=O)c(Cl)c1)C1=NC2CC(Cl)=CC=C2N1. The largest absolute Gasteiger partial charge is 0.468 e. The van der Waals surface area contributed by atoms with Crippen molar-refractivity contribution in [3.63, 3.8) is 0 Å². The fourth-order valence-electron chi connectivity index (χ4n) is 3.92. The minimum absolute atomic E-state index is 0.0739. The Hall–Kier alpha value is -2.52. The second-order valence-corrected chi connectivity index (χ2v) is 10.9. The van der Waals surface area contributed by atoms with E-state index in [2.05, 4.69) is 55.0 Å². The van der Waals surface area contributed by atoms with E-state index in [1.54, 1.807) is 19.1 Å². The number of hydrogen-bond donors (Lipinski definition) is 2. The predicted octanol–water partition coefficient (Wildman–Crippen LogP) is 6.70. The molecule has 3 aliphatic rings. The molecule has 1 fully saturated rings. The summed E-state index contributed by atoms with van der Waals surface area (Å²) in [4.78, 5) is 35.1. The van der Waals surface area contributed by atoms with Crippen LogP contribution in [0.1, 0.15) is 89.1 Å². The molecule has 236 valence electrons. The zero-order valence-electron chi connectivity index (χ0n) is 26.1. The second kappa shape index (κ2) is 24.0. The third-order valence-corrected chi connectivity index (χ3v) is 7.45. The van der Waals surface area contributed by atoms with Crippen LogP contribution < -0.4 is 10.6 Å². The Morgan fingerprint density at radius 3 is 2.33 bits per heavy atom. The van der Waals surface area contributed by atoms with Crippen molar-refractivity contribution in [3.8, 4) is 0 Å². The van der Waals surface area contributed by atoms with Crippen LogP contribution in [0.15, 0.2) is 46.1 Å². The lowest BCUT2D eigenvalue weighted by atomic mass is 10.1. The molecule has 1 aliphatic carbocycles. The molecule has 0 amide bonds. The van der Waals surface area contributed by atoms with Crippen LogP contribution in [-0.4, -0.2) is 68.6 Å². The first-order chi connectivity index (χ1) is 20.2. The molecular formula is C32H50Cl2N4O4. The number of nitrogens with one attached hydrogen (secondary N) is 2. The first kappa shape index (κ1) is 39.5. The zero-order chi connectivity index (χ0) is 31.9. The fraction of sp³-hybridized carbons (Fsp3) is 0.562. The molecular weight excluding hydrogens is 575 g/mol. The summed E-state index contributed by atoms with van der Waals surface area (Å²) in [5.41, 5.74) is 2.62. The third kappa shape index (κ3) is 15.6. The summed E-state index contributed by atoms with van der Waals surface area (Å²) in [7, 11) is 2.21. The van der Waals surface area contributed by atoms with Crippen molar-refractivity contribution in [1.29, 1.82) is 0 Å². The molecule has 0 bridgehead atoms. The molecule has 2 heterocycles. The molecule has 1 aromatic rings. The predicted molar refractivity (Wildman–Crippen MR) is 175 cm³/mol. The highest BCUT2D eigenvalue weighted by Crippen LogP contribution is 2.26. The van der Waals surface area contributed by atoms with Gasteiger partial charge in [-0.2, -0.15) is 0 Å². The highest BCUT2D eigenvalue weighted by Gasteiger charge is 2.27. The van der Waals surface area contributed by atoms with Gasteiger partial charge in [0.15, 0.2) is 6.29 Å². The topological polar surface area (TPSA) is 100 Å². The Kier molecular flexibility index (Phi) is 22.5. The van der Waals surface area contributed by atoms with E-state index >= 15 is 0 Å². The molecule has 8 nitrogen and oxygen atoms in total. The number of unbranched alkanes of at least 4 members (excludes halogenated alkanes) is 1. The summed E-state index contributed by atoms with van der Waals surface area (Å²) in [6, 6.07) is 6.45. The van der Waals surface area contributed by atoms with Gasteiger partial charge in [-0.3, -0.25) is 14.6 Å². The first-order valence-electron chi connectivity index (χ1n) is 14.6. The summed E-state index contributed by atoms with van der Waals surface area (Å²) in [6.45, 7) is 15.3. The lowest BCUT2D eigenvalue weighted by Crippen LogP contribution is -2.39. The Morgan fingerprint density at radius 1 is 1.17 bits per heavy atom. The van der Waals surface area contributed by atoms with Gasteiger partial charge in [-0.15, -0.1) is 0 Å². The highest BCUT2D eigenvalue weighted by molar-refractivity contribution is 6.33. The van der Waals surface area contributed by atoms with E-state index in [1.165, 1.54) is 38.6 Å². The van der Waals surface area contributed by atoms with E-state index in [9.17, 15) is 9.59 Å². The number of aliphatic imine (C=N–C) groups is 1. The van der Waals surface area contributed by atoms with Crippen molar-refractivity contribution in [3.05, 3.63) is 57.2 Å². The lowest BCUT2D eigenvalue weighted by Gasteiger charge is -2.29. The van der Waals surface area contributed by atoms with Gasteiger partial charge in [-0.25, -0.2) is 0 Å². The number of carbonyl (C=O) groups excluding carboxylic acids is 3. The average Bonchev–Trinajstić information content (AvgIpc) is 3.43. The van der Waals surface area contributed by atoms with Gasteiger partial charge in [-0.1, -0.05) is 62.4 Å². The summed E-state index contributed by atoms with van der Waals surface area (Å²) in [5.74, 6) is 0.914. The Bertz CT molecular complexity index is 1000. The number of piperidine rings is 1.